The molecule has 4 N–H and O–H groups in total. The van der Waals surface area contributed by atoms with Crippen molar-refractivity contribution in [1.29, 1.82) is 0 Å². The number of hydrogen-bond donors (Lipinski definition) is 4. The summed E-state index contributed by atoms with van der Waals surface area (Å²) in [6.45, 7) is 6.08. The first kappa shape index (κ1) is 20.3. The van der Waals surface area contributed by atoms with E-state index in [1.807, 2.05) is 45.3 Å². The molecule has 0 bridgehead atoms. The predicted octanol–water partition coefficient (Wildman–Crippen LogP) is 4.24. The van der Waals surface area contributed by atoms with Crippen LogP contribution in [0.5, 0.6) is 5.75 Å². The highest BCUT2D eigenvalue weighted by Gasteiger charge is 2.12. The van der Waals surface area contributed by atoms with Crippen LogP contribution in [0.25, 0.3) is 11.8 Å². The van der Waals surface area contributed by atoms with Gasteiger partial charge in [-0.05, 0) is 56.7 Å². The molecular formula is C22H28N6O. The summed E-state index contributed by atoms with van der Waals surface area (Å²) in [5, 5.41) is 9.63. The molecule has 0 saturated carbocycles. The van der Waals surface area contributed by atoms with Crippen LogP contribution in [0.15, 0.2) is 30.3 Å². The van der Waals surface area contributed by atoms with Crippen molar-refractivity contribution in [3.8, 4) is 5.75 Å². The first-order valence-electron chi connectivity index (χ1n) is 9.48. The Hall–Kier alpha value is -3.48. The topological polar surface area (TPSA) is 86.9 Å². The number of nitrogens with zero attached hydrogens (tertiary/aromatic N) is 2. The Morgan fingerprint density at radius 1 is 1.07 bits per heavy atom. The lowest BCUT2D eigenvalue weighted by Gasteiger charge is -2.15. The molecule has 1 aromatic carbocycles. The third-order valence-electron chi connectivity index (χ3n) is 4.60. The number of aromatic nitrogens is 3. The van der Waals surface area contributed by atoms with E-state index in [1.54, 1.807) is 7.11 Å². The molecule has 7 heteroatoms. The molecule has 0 aliphatic carbocycles. The van der Waals surface area contributed by atoms with Gasteiger partial charge in [-0.1, -0.05) is 0 Å². The molecular weight excluding hydrogens is 364 g/mol. The van der Waals surface area contributed by atoms with Gasteiger partial charge in [-0.2, -0.15) is 4.98 Å². The van der Waals surface area contributed by atoms with Crippen LogP contribution in [-0.2, 0) is 0 Å². The number of anilines is 3. The Balaban J connectivity index is 2.00. The van der Waals surface area contributed by atoms with Gasteiger partial charge in [0.25, 0.3) is 0 Å². The van der Waals surface area contributed by atoms with Crippen LogP contribution in [0, 0.1) is 20.8 Å². The maximum Gasteiger partial charge on any atom is 0.229 e. The molecule has 29 heavy (non-hydrogen) atoms. The van der Waals surface area contributed by atoms with Gasteiger partial charge in [-0.25, -0.2) is 4.98 Å². The smallest absolute Gasteiger partial charge is 0.229 e. The van der Waals surface area contributed by atoms with E-state index in [2.05, 4.69) is 56.9 Å². The summed E-state index contributed by atoms with van der Waals surface area (Å²) in [5.74, 6) is 2.08. The molecule has 3 aromatic rings. The van der Waals surface area contributed by atoms with Gasteiger partial charge in [0, 0.05) is 54.2 Å². The summed E-state index contributed by atoms with van der Waals surface area (Å²) in [6, 6.07) is 9.93. The Labute approximate surface area is 171 Å². The fourth-order valence-corrected chi connectivity index (χ4v) is 3.21. The van der Waals surface area contributed by atoms with Gasteiger partial charge in [0.05, 0.1) is 7.11 Å². The summed E-state index contributed by atoms with van der Waals surface area (Å²) in [4.78, 5) is 12.3. The van der Waals surface area contributed by atoms with E-state index in [0.717, 1.165) is 45.6 Å². The van der Waals surface area contributed by atoms with E-state index in [-0.39, 0.29) is 0 Å². The minimum absolute atomic E-state index is 0.538. The monoisotopic (exact) mass is 392 g/mol. The lowest BCUT2D eigenvalue weighted by atomic mass is 10.1. The second-order valence-corrected chi connectivity index (χ2v) is 6.87. The molecule has 0 radical (unpaired) electrons. The number of aromatic amines is 1. The number of benzene rings is 1. The number of H-pyrrole nitrogens is 1. The number of aryl methyl sites for hydroxylation is 3. The molecule has 7 nitrogen and oxygen atoms in total. The molecule has 0 atom stereocenters. The minimum Gasteiger partial charge on any atom is -0.496 e. The highest BCUT2D eigenvalue weighted by molar-refractivity contribution is 5.84. The van der Waals surface area contributed by atoms with Crippen molar-refractivity contribution in [3.05, 3.63) is 58.5 Å². The van der Waals surface area contributed by atoms with Crippen LogP contribution in [0.2, 0.25) is 0 Å². The molecule has 152 valence electrons. The van der Waals surface area contributed by atoms with E-state index >= 15 is 0 Å². The molecule has 0 unspecified atom stereocenters. The van der Waals surface area contributed by atoms with Gasteiger partial charge in [-0.3, -0.25) is 0 Å². The van der Waals surface area contributed by atoms with E-state index in [0.29, 0.717) is 5.95 Å². The third-order valence-corrected chi connectivity index (χ3v) is 4.60. The van der Waals surface area contributed by atoms with Gasteiger partial charge in [-0.15, -0.1) is 0 Å². The maximum absolute atomic E-state index is 5.60. The quantitative estimate of drug-likeness (QED) is 0.481. The zero-order valence-electron chi connectivity index (χ0n) is 17.8. The first-order chi connectivity index (χ1) is 13.9. The zero-order chi connectivity index (χ0) is 21.0. The summed E-state index contributed by atoms with van der Waals surface area (Å²) in [7, 11) is 5.41. The highest BCUT2D eigenvalue weighted by Crippen LogP contribution is 2.30. The fourth-order valence-electron chi connectivity index (χ4n) is 3.21. The third kappa shape index (κ3) is 4.68. The minimum atomic E-state index is 0.538. The van der Waals surface area contributed by atoms with Crippen LogP contribution < -0.4 is 20.7 Å². The van der Waals surface area contributed by atoms with E-state index in [1.165, 1.54) is 5.56 Å². The first-order valence-corrected chi connectivity index (χ1v) is 9.48. The number of nitrogens with one attached hydrogen (secondary N) is 4. The largest absolute Gasteiger partial charge is 0.496 e. The van der Waals surface area contributed by atoms with Gasteiger partial charge < -0.3 is 25.7 Å². The summed E-state index contributed by atoms with van der Waals surface area (Å²) >= 11 is 0. The molecule has 0 aliphatic heterocycles. The molecule has 0 amide bonds. The highest BCUT2D eigenvalue weighted by atomic mass is 16.5. The summed E-state index contributed by atoms with van der Waals surface area (Å²) in [6.07, 6.45) is 2.09. The second kappa shape index (κ2) is 8.68. The predicted molar refractivity (Wildman–Crippen MR) is 120 cm³/mol. The number of methoxy groups -OCH3 is 1. The molecule has 0 saturated heterocycles. The molecule has 3 rings (SSSR count). The lowest BCUT2D eigenvalue weighted by molar-refractivity contribution is 0.413. The maximum atomic E-state index is 5.60. The molecule has 2 aromatic heterocycles. The van der Waals surface area contributed by atoms with Crippen molar-refractivity contribution in [1.82, 2.24) is 20.3 Å². The van der Waals surface area contributed by atoms with Crippen molar-refractivity contribution in [2.75, 3.05) is 31.8 Å². The molecule has 0 aliphatic rings. The lowest BCUT2D eigenvalue weighted by Crippen LogP contribution is -2.07. The Morgan fingerprint density at radius 2 is 1.86 bits per heavy atom. The zero-order valence-corrected chi connectivity index (χ0v) is 17.8. The molecule has 0 spiro atoms. The van der Waals surface area contributed by atoms with E-state index in [4.69, 9.17) is 4.74 Å². The Kier molecular flexibility index (Phi) is 6.07. The number of hydrogen-bond acceptors (Lipinski definition) is 6. The van der Waals surface area contributed by atoms with Gasteiger partial charge >= 0.3 is 0 Å². The molecule has 0 fully saturated rings. The van der Waals surface area contributed by atoms with Crippen molar-refractivity contribution >= 4 is 29.2 Å². The summed E-state index contributed by atoms with van der Waals surface area (Å²) in [5.41, 5.74) is 7.01. The van der Waals surface area contributed by atoms with Crippen molar-refractivity contribution < 1.29 is 4.74 Å². The Bertz CT molecular complexity index is 1040. The van der Waals surface area contributed by atoms with E-state index in [9.17, 15) is 0 Å². The van der Waals surface area contributed by atoms with Crippen molar-refractivity contribution in [2.24, 2.45) is 0 Å². The second-order valence-electron chi connectivity index (χ2n) is 6.87. The van der Waals surface area contributed by atoms with Crippen molar-refractivity contribution in [2.45, 2.75) is 20.8 Å². The van der Waals surface area contributed by atoms with Crippen molar-refractivity contribution in [3.63, 3.8) is 0 Å². The number of rotatable bonds is 7. The summed E-state index contributed by atoms with van der Waals surface area (Å²) < 4.78 is 5.60. The Morgan fingerprint density at radius 3 is 2.48 bits per heavy atom. The van der Waals surface area contributed by atoms with Crippen LogP contribution in [0.3, 0.4) is 0 Å². The van der Waals surface area contributed by atoms with E-state index < -0.39 is 0 Å². The number of ether oxygens (including phenoxy) is 1. The van der Waals surface area contributed by atoms with Gasteiger partial charge in [0.15, 0.2) is 0 Å². The average Bonchev–Trinajstić information content (AvgIpc) is 3.02. The van der Waals surface area contributed by atoms with Crippen LogP contribution in [0.4, 0.5) is 17.5 Å². The normalized spacial score (nSPS) is 11.3. The van der Waals surface area contributed by atoms with Crippen LogP contribution in [0.1, 0.15) is 28.2 Å². The van der Waals surface area contributed by atoms with Gasteiger partial charge in [0.2, 0.25) is 5.95 Å². The van der Waals surface area contributed by atoms with Crippen LogP contribution in [-0.4, -0.2) is 36.2 Å². The SMILES string of the molecule is CN/C(=C\c1[nH]c(C)cc1C)c1cc(Nc2nc(C)cc(NC)n2)ccc1OC. The fraction of sp³-hybridized carbons (Fsp3) is 0.273. The molecule has 2 heterocycles. The van der Waals surface area contributed by atoms with Crippen LogP contribution >= 0.6 is 0 Å². The van der Waals surface area contributed by atoms with Gasteiger partial charge in [0.1, 0.15) is 11.6 Å². The standard InChI is InChI=1S/C22H28N6O/c1-13-9-14(2)25-18(13)12-19(23-4)17-11-16(7-8-20(17)29-6)27-22-26-15(3)10-21(24-5)28-22/h7-12,23,25H,1-6H3,(H2,24,26,27,28)/b19-12-. The average molecular weight is 393 g/mol.